The van der Waals surface area contributed by atoms with Crippen molar-refractivity contribution < 1.29 is 29.4 Å². The van der Waals surface area contributed by atoms with Crippen LogP contribution in [0, 0.1) is 52.3 Å². The van der Waals surface area contributed by atoms with Gasteiger partial charge in [-0.3, -0.25) is 19.2 Å². The van der Waals surface area contributed by atoms with Crippen LogP contribution in [0.1, 0.15) is 85.0 Å². The Hall–Kier alpha value is -1.72. The number of Topliss-reactive ketones (excluding diaryl/α,β-unsaturated/α-hetero) is 2. The zero-order valence-corrected chi connectivity index (χ0v) is 19.6. The van der Waals surface area contributed by atoms with Crippen LogP contribution in [-0.4, -0.2) is 33.7 Å². The lowest BCUT2D eigenvalue weighted by Gasteiger charge is -2.61. The molecule has 0 aromatic carbocycles. The summed E-state index contributed by atoms with van der Waals surface area (Å²) in [4.78, 5) is 48.9. The molecule has 6 heteroatoms. The third-order valence-electron chi connectivity index (χ3n) is 10.6. The first kappa shape index (κ1) is 23.4. The molecule has 178 valence electrons. The van der Waals surface area contributed by atoms with Gasteiger partial charge in [0.2, 0.25) is 0 Å². The number of ketones is 2. The smallest absolute Gasteiger partial charge is 0.317 e. The van der Waals surface area contributed by atoms with Crippen molar-refractivity contribution in [3.63, 3.8) is 0 Å². The van der Waals surface area contributed by atoms with E-state index in [1.54, 1.807) is 0 Å². The van der Waals surface area contributed by atoms with Gasteiger partial charge in [0.05, 0.1) is 0 Å². The highest BCUT2D eigenvalue weighted by Crippen LogP contribution is 2.68. The summed E-state index contributed by atoms with van der Waals surface area (Å²) >= 11 is 0. The summed E-state index contributed by atoms with van der Waals surface area (Å²) in [5.41, 5.74) is 0.00858. The molecule has 4 unspecified atom stereocenters. The Morgan fingerprint density at radius 1 is 0.969 bits per heavy atom. The molecular weight excluding hydrogens is 408 g/mol. The van der Waals surface area contributed by atoms with E-state index in [0.717, 1.165) is 38.5 Å². The van der Waals surface area contributed by atoms with Gasteiger partial charge in [0.1, 0.15) is 11.6 Å². The molecule has 8 atom stereocenters. The fourth-order valence-electron chi connectivity index (χ4n) is 8.75. The van der Waals surface area contributed by atoms with Crippen LogP contribution in [0.4, 0.5) is 0 Å². The zero-order chi connectivity index (χ0) is 23.4. The minimum atomic E-state index is -1.35. The highest BCUT2D eigenvalue weighted by molar-refractivity contribution is 5.92. The summed E-state index contributed by atoms with van der Waals surface area (Å²) in [6, 6.07) is 0. The number of carboxylic acids is 2. The molecule has 0 aromatic heterocycles. The Labute approximate surface area is 190 Å². The molecule has 0 saturated heterocycles. The maximum absolute atomic E-state index is 13.9. The van der Waals surface area contributed by atoms with Crippen LogP contribution in [0.15, 0.2) is 0 Å². The van der Waals surface area contributed by atoms with E-state index >= 15 is 0 Å². The fourth-order valence-corrected chi connectivity index (χ4v) is 8.75. The number of hydrogen-bond acceptors (Lipinski definition) is 4. The molecule has 6 nitrogen and oxygen atoms in total. The van der Waals surface area contributed by atoms with Gasteiger partial charge in [0, 0.05) is 24.7 Å². The summed E-state index contributed by atoms with van der Waals surface area (Å²) in [5.74, 6) is -2.13. The molecule has 2 N–H and O–H groups in total. The van der Waals surface area contributed by atoms with E-state index in [1.165, 1.54) is 0 Å². The molecule has 4 aliphatic rings. The first-order chi connectivity index (χ1) is 15.0. The van der Waals surface area contributed by atoms with Gasteiger partial charge in [-0.25, -0.2) is 0 Å². The molecule has 32 heavy (non-hydrogen) atoms. The Kier molecular flexibility index (Phi) is 6.04. The lowest BCUT2D eigenvalue weighted by atomic mass is 9.42. The Morgan fingerprint density at radius 2 is 1.62 bits per heavy atom. The maximum atomic E-state index is 13.9. The van der Waals surface area contributed by atoms with Gasteiger partial charge >= 0.3 is 11.9 Å². The molecule has 0 heterocycles. The van der Waals surface area contributed by atoms with Gasteiger partial charge in [0.25, 0.3) is 0 Å². The molecule has 0 amide bonds. The van der Waals surface area contributed by atoms with Crippen LogP contribution < -0.4 is 0 Å². The van der Waals surface area contributed by atoms with E-state index in [2.05, 4.69) is 20.8 Å². The van der Waals surface area contributed by atoms with Crippen LogP contribution in [-0.2, 0) is 19.2 Å². The highest BCUT2D eigenvalue weighted by atomic mass is 16.4. The third-order valence-corrected chi connectivity index (χ3v) is 10.6. The second kappa shape index (κ2) is 8.25. The molecule has 0 aliphatic heterocycles. The topological polar surface area (TPSA) is 109 Å². The predicted octanol–water partition coefficient (Wildman–Crippen LogP) is 4.60. The summed E-state index contributed by atoms with van der Waals surface area (Å²) < 4.78 is 0. The molecule has 4 rings (SSSR count). The number of carbonyl (C=O) groups excluding carboxylic acids is 2. The lowest BCUT2D eigenvalue weighted by Crippen LogP contribution is -2.60. The molecule has 0 aromatic rings. The standard InChI is InChI=1S/C26H38O6/c1-4-16-20-13-15(27)9-11-26(20,3)19-10-12-25(2)14(5-7-17(23(29)30)24(31)32)6-8-18(25)21(19)22(16)28/h14,16-21H,4-13H2,1-3H3,(H,29,30)(H,31,32)/t14?,16-,18?,19?,20+,21?,25-,26-/m1/s1. The van der Waals surface area contributed by atoms with E-state index in [9.17, 15) is 29.4 Å². The quantitative estimate of drug-likeness (QED) is 0.578. The largest absolute Gasteiger partial charge is 0.481 e. The van der Waals surface area contributed by atoms with Crippen molar-refractivity contribution in [3.05, 3.63) is 0 Å². The molecule has 4 saturated carbocycles. The predicted molar refractivity (Wildman–Crippen MR) is 118 cm³/mol. The number of aliphatic carboxylic acids is 2. The second-order valence-electron chi connectivity index (χ2n) is 11.6. The van der Waals surface area contributed by atoms with Gasteiger partial charge in [-0.05, 0) is 85.9 Å². The summed E-state index contributed by atoms with van der Waals surface area (Å²) in [6.45, 7) is 6.70. The second-order valence-corrected chi connectivity index (χ2v) is 11.6. The minimum Gasteiger partial charge on any atom is -0.481 e. The third kappa shape index (κ3) is 3.43. The molecule has 4 aliphatic carbocycles. The van der Waals surface area contributed by atoms with Crippen molar-refractivity contribution in [1.29, 1.82) is 0 Å². The molecule has 0 bridgehead atoms. The number of fused-ring (bicyclic) bond motifs is 5. The molecule has 4 fully saturated rings. The van der Waals surface area contributed by atoms with Crippen molar-refractivity contribution in [2.24, 2.45) is 52.3 Å². The number of carbonyl (C=O) groups is 4. The van der Waals surface area contributed by atoms with Crippen molar-refractivity contribution in [2.75, 3.05) is 0 Å². The van der Waals surface area contributed by atoms with Gasteiger partial charge < -0.3 is 10.2 Å². The summed E-state index contributed by atoms with van der Waals surface area (Å²) in [7, 11) is 0. The van der Waals surface area contributed by atoms with E-state index in [4.69, 9.17) is 0 Å². The van der Waals surface area contributed by atoms with Crippen molar-refractivity contribution >= 4 is 23.5 Å². The van der Waals surface area contributed by atoms with Crippen molar-refractivity contribution in [3.8, 4) is 0 Å². The van der Waals surface area contributed by atoms with Gasteiger partial charge in [-0.1, -0.05) is 20.8 Å². The molecule has 0 radical (unpaired) electrons. The van der Waals surface area contributed by atoms with E-state index in [-0.39, 0.29) is 46.8 Å². The van der Waals surface area contributed by atoms with E-state index < -0.39 is 17.9 Å². The van der Waals surface area contributed by atoms with Crippen LogP contribution in [0.2, 0.25) is 0 Å². The van der Waals surface area contributed by atoms with Crippen LogP contribution in [0.25, 0.3) is 0 Å². The first-order valence-electron chi connectivity index (χ1n) is 12.6. The Balaban J connectivity index is 1.59. The lowest BCUT2D eigenvalue weighted by molar-refractivity contribution is -0.169. The van der Waals surface area contributed by atoms with Crippen LogP contribution >= 0.6 is 0 Å². The SMILES string of the molecule is CC[C@H]1C(=O)C2C3CCC(CCC(C(=O)O)C(=O)O)[C@@]3(C)CCC2[C@@]2(C)CCC(=O)C[C@@H]12. The Morgan fingerprint density at radius 3 is 2.25 bits per heavy atom. The fraction of sp³-hybridized carbons (Fsp3) is 0.846. The maximum Gasteiger partial charge on any atom is 0.317 e. The van der Waals surface area contributed by atoms with Crippen molar-refractivity contribution in [2.45, 2.75) is 85.0 Å². The average molecular weight is 447 g/mol. The van der Waals surface area contributed by atoms with E-state index in [0.29, 0.717) is 36.7 Å². The van der Waals surface area contributed by atoms with Crippen LogP contribution in [0.5, 0.6) is 0 Å². The molecular formula is C26H38O6. The Bertz CT molecular complexity index is 805. The summed E-state index contributed by atoms with van der Waals surface area (Å²) in [6.07, 6.45) is 7.53. The zero-order valence-electron chi connectivity index (χ0n) is 19.6. The minimum absolute atomic E-state index is 0.0321. The average Bonchev–Trinajstić information content (AvgIpc) is 3.06. The normalized spacial score (nSPS) is 43.5. The number of carboxylic acid groups (broad SMARTS) is 2. The number of hydrogen-bond donors (Lipinski definition) is 2. The molecule has 0 spiro atoms. The first-order valence-corrected chi connectivity index (χ1v) is 12.6. The monoisotopic (exact) mass is 446 g/mol. The highest BCUT2D eigenvalue weighted by Gasteiger charge is 2.64. The van der Waals surface area contributed by atoms with Gasteiger partial charge in [-0.2, -0.15) is 0 Å². The van der Waals surface area contributed by atoms with Crippen molar-refractivity contribution in [1.82, 2.24) is 0 Å². The van der Waals surface area contributed by atoms with Crippen LogP contribution in [0.3, 0.4) is 0 Å². The van der Waals surface area contributed by atoms with Gasteiger partial charge in [-0.15, -0.1) is 0 Å². The van der Waals surface area contributed by atoms with Gasteiger partial charge in [0.15, 0.2) is 5.92 Å². The van der Waals surface area contributed by atoms with E-state index in [1.807, 2.05) is 0 Å². The summed E-state index contributed by atoms with van der Waals surface area (Å²) in [5, 5.41) is 18.5. The number of rotatable bonds is 6.